The summed E-state index contributed by atoms with van der Waals surface area (Å²) in [6.45, 7) is 0. The van der Waals surface area contributed by atoms with Crippen molar-refractivity contribution >= 4 is 72.7 Å². The summed E-state index contributed by atoms with van der Waals surface area (Å²) in [7, 11) is 0. The van der Waals surface area contributed by atoms with Crippen molar-refractivity contribution in [3.8, 4) is 0 Å². The predicted octanol–water partition coefficient (Wildman–Crippen LogP) is 4.91. The summed E-state index contributed by atoms with van der Waals surface area (Å²) in [5.41, 5.74) is 1.44. The molecule has 2 aromatic carbocycles. The molecular formula is C13H8BrI2NO. The third-order valence-corrected chi connectivity index (χ3v) is 4.36. The van der Waals surface area contributed by atoms with Gasteiger partial charge < -0.3 is 5.32 Å². The van der Waals surface area contributed by atoms with E-state index >= 15 is 0 Å². The zero-order valence-corrected chi connectivity index (χ0v) is 15.0. The molecule has 2 nitrogen and oxygen atoms in total. The van der Waals surface area contributed by atoms with Gasteiger partial charge in [0.15, 0.2) is 0 Å². The molecule has 1 N–H and O–H groups in total. The fourth-order valence-corrected chi connectivity index (χ4v) is 2.68. The zero-order valence-electron chi connectivity index (χ0n) is 9.08. The molecule has 0 bridgehead atoms. The number of hydrogen-bond acceptors (Lipinski definition) is 1. The maximum atomic E-state index is 12.1. The zero-order chi connectivity index (χ0) is 13.1. The summed E-state index contributed by atoms with van der Waals surface area (Å²) in [6, 6.07) is 13.4. The average Bonchev–Trinajstić information content (AvgIpc) is 2.35. The molecule has 0 unspecified atom stereocenters. The Morgan fingerprint density at radius 3 is 2.28 bits per heavy atom. The van der Waals surface area contributed by atoms with Crippen molar-refractivity contribution < 1.29 is 4.79 Å². The van der Waals surface area contributed by atoms with Crippen LogP contribution < -0.4 is 5.32 Å². The molecule has 0 aliphatic heterocycles. The van der Waals surface area contributed by atoms with Crippen molar-refractivity contribution in [3.05, 3.63) is 59.6 Å². The number of carbonyl (C=O) groups is 1. The molecule has 2 rings (SSSR count). The summed E-state index contributed by atoms with van der Waals surface area (Å²) in [5.74, 6) is -0.110. The first kappa shape index (κ1) is 14.3. The van der Waals surface area contributed by atoms with Crippen molar-refractivity contribution in [3.63, 3.8) is 0 Å². The highest BCUT2D eigenvalue weighted by Crippen LogP contribution is 2.21. The van der Waals surface area contributed by atoms with Gasteiger partial charge in [-0.1, -0.05) is 0 Å². The Kier molecular flexibility index (Phi) is 5.02. The lowest BCUT2D eigenvalue weighted by atomic mass is 10.2. The number of halogens is 3. The van der Waals surface area contributed by atoms with Gasteiger partial charge in [-0.3, -0.25) is 4.79 Å². The minimum Gasteiger partial charge on any atom is -0.322 e. The minimum atomic E-state index is -0.110. The first-order valence-corrected chi connectivity index (χ1v) is 8.03. The monoisotopic (exact) mass is 527 g/mol. The van der Waals surface area contributed by atoms with Crippen LogP contribution in [0.15, 0.2) is 46.9 Å². The first-order valence-electron chi connectivity index (χ1n) is 5.08. The van der Waals surface area contributed by atoms with Crippen LogP contribution in [0, 0.1) is 7.14 Å². The molecule has 0 aromatic heterocycles. The van der Waals surface area contributed by atoms with E-state index in [1.165, 1.54) is 0 Å². The molecule has 5 heteroatoms. The van der Waals surface area contributed by atoms with Gasteiger partial charge in [-0.05, 0) is 104 Å². The van der Waals surface area contributed by atoms with Crippen LogP contribution in [0.2, 0.25) is 0 Å². The second-order valence-electron chi connectivity index (χ2n) is 3.59. The van der Waals surface area contributed by atoms with Crippen molar-refractivity contribution in [1.82, 2.24) is 0 Å². The van der Waals surface area contributed by atoms with E-state index in [1.807, 2.05) is 42.5 Å². The fourth-order valence-electron chi connectivity index (χ4n) is 1.40. The lowest BCUT2D eigenvalue weighted by Gasteiger charge is -2.07. The van der Waals surface area contributed by atoms with Crippen LogP contribution in [0.5, 0.6) is 0 Å². The summed E-state index contributed by atoms with van der Waals surface area (Å²) < 4.78 is 2.97. The summed E-state index contributed by atoms with van der Waals surface area (Å²) in [6.07, 6.45) is 0. The smallest absolute Gasteiger partial charge is 0.256 e. The van der Waals surface area contributed by atoms with Crippen molar-refractivity contribution in [2.24, 2.45) is 0 Å². The van der Waals surface area contributed by atoms with E-state index < -0.39 is 0 Å². The molecule has 18 heavy (non-hydrogen) atoms. The molecule has 0 radical (unpaired) electrons. The van der Waals surface area contributed by atoms with E-state index in [1.54, 1.807) is 0 Å². The topological polar surface area (TPSA) is 29.1 Å². The van der Waals surface area contributed by atoms with Crippen LogP contribution in [0.4, 0.5) is 5.69 Å². The summed E-state index contributed by atoms with van der Waals surface area (Å²) in [4.78, 5) is 12.1. The lowest BCUT2D eigenvalue weighted by Crippen LogP contribution is -2.12. The second kappa shape index (κ2) is 6.33. The van der Waals surface area contributed by atoms with Crippen molar-refractivity contribution in [1.29, 1.82) is 0 Å². The maximum Gasteiger partial charge on any atom is 0.256 e. The Morgan fingerprint density at radius 2 is 1.61 bits per heavy atom. The van der Waals surface area contributed by atoms with Crippen molar-refractivity contribution in [2.45, 2.75) is 0 Å². The molecule has 2 aromatic rings. The van der Waals surface area contributed by atoms with Crippen LogP contribution in [0.3, 0.4) is 0 Å². The van der Waals surface area contributed by atoms with Gasteiger partial charge >= 0.3 is 0 Å². The quantitative estimate of drug-likeness (QED) is 0.553. The average molecular weight is 528 g/mol. The molecule has 0 heterocycles. The largest absolute Gasteiger partial charge is 0.322 e. The minimum absolute atomic E-state index is 0.110. The molecule has 92 valence electrons. The van der Waals surface area contributed by atoms with Gasteiger partial charge in [0.05, 0.1) is 5.56 Å². The molecule has 0 aliphatic carbocycles. The fraction of sp³-hybridized carbons (Fsp3) is 0. The van der Waals surface area contributed by atoms with Crippen molar-refractivity contribution in [2.75, 3.05) is 5.32 Å². The van der Waals surface area contributed by atoms with Gasteiger partial charge in [-0.25, -0.2) is 0 Å². The van der Waals surface area contributed by atoms with Crippen LogP contribution >= 0.6 is 61.1 Å². The highest BCUT2D eigenvalue weighted by Gasteiger charge is 2.10. The van der Waals surface area contributed by atoms with Gasteiger partial charge in [0.2, 0.25) is 0 Å². The Bertz CT molecular complexity index is 584. The highest BCUT2D eigenvalue weighted by molar-refractivity contribution is 14.1. The van der Waals surface area contributed by atoms with E-state index in [0.29, 0.717) is 5.56 Å². The standard InChI is InChI=1S/C13H8BrI2NO/c14-12-6-3-9(16)7-11(12)13(18)17-10-4-1-8(15)2-5-10/h1-7H,(H,17,18). The highest BCUT2D eigenvalue weighted by atomic mass is 127. The Morgan fingerprint density at radius 1 is 1.00 bits per heavy atom. The second-order valence-corrected chi connectivity index (χ2v) is 6.93. The van der Waals surface area contributed by atoms with Gasteiger partial charge in [0.1, 0.15) is 0 Å². The molecule has 0 aliphatic rings. The third-order valence-electron chi connectivity index (χ3n) is 2.28. The van der Waals surface area contributed by atoms with E-state index in [2.05, 4.69) is 66.4 Å². The SMILES string of the molecule is O=C(Nc1ccc(I)cc1)c1cc(I)ccc1Br. The Labute approximate surface area is 141 Å². The molecule has 0 spiro atoms. The predicted molar refractivity (Wildman–Crippen MR) is 94.0 cm³/mol. The molecule has 0 fully saturated rings. The van der Waals surface area contributed by atoms with E-state index in [-0.39, 0.29) is 5.91 Å². The Balaban J connectivity index is 2.21. The number of carbonyl (C=O) groups excluding carboxylic acids is 1. The summed E-state index contributed by atoms with van der Waals surface area (Å²) in [5, 5.41) is 2.88. The van der Waals surface area contributed by atoms with E-state index in [0.717, 1.165) is 17.3 Å². The molecule has 1 amide bonds. The van der Waals surface area contributed by atoms with Gasteiger partial charge in [-0.2, -0.15) is 0 Å². The molecule has 0 saturated heterocycles. The number of anilines is 1. The van der Waals surface area contributed by atoms with Gasteiger partial charge in [-0.15, -0.1) is 0 Å². The first-order chi connectivity index (χ1) is 8.56. The molecule has 0 atom stereocenters. The summed E-state index contributed by atoms with van der Waals surface area (Å²) >= 11 is 7.81. The number of nitrogens with one attached hydrogen (secondary N) is 1. The van der Waals surface area contributed by atoms with E-state index in [9.17, 15) is 4.79 Å². The number of benzene rings is 2. The van der Waals surface area contributed by atoms with E-state index in [4.69, 9.17) is 0 Å². The molecular weight excluding hydrogens is 520 g/mol. The van der Waals surface area contributed by atoms with Crippen LogP contribution in [0.1, 0.15) is 10.4 Å². The number of amides is 1. The normalized spacial score (nSPS) is 10.2. The number of hydrogen-bond donors (Lipinski definition) is 1. The van der Waals surface area contributed by atoms with Crippen LogP contribution in [-0.4, -0.2) is 5.91 Å². The Hall–Kier alpha value is -0.150. The van der Waals surface area contributed by atoms with Gasteiger partial charge in [0, 0.05) is 17.3 Å². The van der Waals surface area contributed by atoms with Crippen LogP contribution in [-0.2, 0) is 0 Å². The lowest BCUT2D eigenvalue weighted by molar-refractivity contribution is 0.102. The maximum absolute atomic E-state index is 12.1. The molecule has 0 saturated carbocycles. The third kappa shape index (κ3) is 3.67. The number of rotatable bonds is 2. The van der Waals surface area contributed by atoms with Gasteiger partial charge in [0.25, 0.3) is 5.91 Å². The van der Waals surface area contributed by atoms with Crippen LogP contribution in [0.25, 0.3) is 0 Å².